The van der Waals surface area contributed by atoms with Crippen LogP contribution in [-0.2, 0) is 16.0 Å². The number of amides is 2. The topological polar surface area (TPSA) is 75.9 Å². The van der Waals surface area contributed by atoms with Crippen LogP contribution >= 0.6 is 0 Å². The van der Waals surface area contributed by atoms with Crippen molar-refractivity contribution in [1.82, 2.24) is 19.6 Å². The maximum atomic E-state index is 12.8. The maximum Gasteiger partial charge on any atom is 0.407 e. The van der Waals surface area contributed by atoms with E-state index in [0.717, 1.165) is 29.7 Å². The van der Waals surface area contributed by atoms with Gasteiger partial charge in [-0.05, 0) is 31.4 Å². The van der Waals surface area contributed by atoms with Gasteiger partial charge in [0.25, 0.3) is 0 Å². The number of alkyl carbamates (subject to hydrolysis) is 1. The summed E-state index contributed by atoms with van der Waals surface area (Å²) in [5, 5.41) is 2.74. The molecule has 0 aliphatic carbocycles. The van der Waals surface area contributed by atoms with E-state index in [1.165, 1.54) is 0 Å². The molecule has 2 aromatic heterocycles. The van der Waals surface area contributed by atoms with E-state index < -0.39 is 5.60 Å². The number of hydrogen-bond acceptors (Lipinski definition) is 4. The van der Waals surface area contributed by atoms with Crippen molar-refractivity contribution in [3.05, 3.63) is 35.8 Å². The highest BCUT2D eigenvalue weighted by atomic mass is 16.6. The van der Waals surface area contributed by atoms with Gasteiger partial charge in [-0.25, -0.2) is 9.78 Å². The molecule has 0 radical (unpaired) electrons. The zero-order valence-electron chi connectivity index (χ0n) is 14.3. The molecule has 2 aliphatic rings. The van der Waals surface area contributed by atoms with Crippen molar-refractivity contribution in [2.24, 2.45) is 0 Å². The Balaban J connectivity index is 1.46. The highest BCUT2D eigenvalue weighted by Gasteiger charge is 2.41. The first-order valence-corrected chi connectivity index (χ1v) is 8.73. The Bertz CT molecular complexity index is 831. The fourth-order valence-electron chi connectivity index (χ4n) is 3.80. The molecule has 1 N–H and O–H groups in total. The number of nitrogens with zero attached hydrogens (tertiary/aromatic N) is 3. The van der Waals surface area contributed by atoms with Crippen LogP contribution in [-0.4, -0.2) is 51.5 Å². The Morgan fingerprint density at radius 3 is 3.08 bits per heavy atom. The molecular weight excluding hydrogens is 320 g/mol. The second-order valence-electron chi connectivity index (χ2n) is 6.97. The number of likely N-dealkylation sites (tertiary alicyclic amines) is 1. The lowest BCUT2D eigenvalue weighted by Crippen LogP contribution is -2.37. The number of hydrogen-bond donors (Lipinski definition) is 1. The number of aromatic nitrogens is 2. The quantitative estimate of drug-likeness (QED) is 0.901. The third-order valence-electron chi connectivity index (χ3n) is 5.25. The van der Waals surface area contributed by atoms with Gasteiger partial charge in [-0.1, -0.05) is 6.07 Å². The summed E-state index contributed by atoms with van der Waals surface area (Å²) in [6.45, 7) is 3.87. The SMILES string of the molecule is Cc1cccn2c(CC(=O)N3CCC[C@@]4(CC3)CNC(=O)O4)cnc12. The summed E-state index contributed by atoms with van der Waals surface area (Å²) >= 11 is 0. The standard InChI is InChI=1S/C18H22N4O3/c1-13-4-2-8-22-14(11-19-16(13)22)10-15(23)21-7-3-5-18(6-9-21)12-20-17(24)25-18/h2,4,8,11H,3,5-7,9-10,12H2,1H3,(H,20,24)/t18-/m1/s1. The summed E-state index contributed by atoms with van der Waals surface area (Å²) in [5.41, 5.74) is 2.45. The Labute approximate surface area is 146 Å². The van der Waals surface area contributed by atoms with Crippen LogP contribution in [0.25, 0.3) is 5.65 Å². The number of carbonyl (C=O) groups is 2. The smallest absolute Gasteiger partial charge is 0.407 e. The third kappa shape index (κ3) is 2.94. The lowest BCUT2D eigenvalue weighted by molar-refractivity contribution is -0.130. The van der Waals surface area contributed by atoms with Gasteiger partial charge in [0.15, 0.2) is 0 Å². The molecule has 132 valence electrons. The molecular formula is C18H22N4O3. The first kappa shape index (κ1) is 15.9. The summed E-state index contributed by atoms with van der Waals surface area (Å²) in [6.07, 6.45) is 6.03. The fourth-order valence-corrected chi connectivity index (χ4v) is 3.80. The van der Waals surface area contributed by atoms with Crippen molar-refractivity contribution >= 4 is 17.6 Å². The van der Waals surface area contributed by atoms with E-state index in [0.29, 0.717) is 32.5 Å². The first-order chi connectivity index (χ1) is 12.1. The molecule has 2 saturated heterocycles. The molecule has 2 aliphatic heterocycles. The number of fused-ring (bicyclic) bond motifs is 1. The summed E-state index contributed by atoms with van der Waals surface area (Å²) < 4.78 is 7.45. The molecule has 0 unspecified atom stereocenters. The molecule has 2 amide bonds. The molecule has 7 heteroatoms. The minimum absolute atomic E-state index is 0.0950. The molecule has 1 spiro atoms. The van der Waals surface area contributed by atoms with Crippen molar-refractivity contribution in [3.8, 4) is 0 Å². The largest absolute Gasteiger partial charge is 0.441 e. The second kappa shape index (κ2) is 6.06. The molecule has 0 bridgehead atoms. The van der Waals surface area contributed by atoms with Crippen molar-refractivity contribution in [2.45, 2.75) is 38.2 Å². The second-order valence-corrected chi connectivity index (χ2v) is 6.97. The maximum absolute atomic E-state index is 12.8. The first-order valence-electron chi connectivity index (χ1n) is 8.73. The Morgan fingerprint density at radius 2 is 2.28 bits per heavy atom. The minimum atomic E-state index is -0.438. The molecule has 4 heterocycles. The average molecular weight is 342 g/mol. The lowest BCUT2D eigenvalue weighted by atomic mass is 9.95. The number of rotatable bonds is 2. The number of nitrogens with one attached hydrogen (secondary N) is 1. The van der Waals surface area contributed by atoms with Crippen molar-refractivity contribution in [2.75, 3.05) is 19.6 Å². The molecule has 2 fully saturated rings. The molecule has 25 heavy (non-hydrogen) atoms. The minimum Gasteiger partial charge on any atom is -0.441 e. The molecule has 2 aromatic rings. The number of carbonyl (C=O) groups excluding carboxylic acids is 2. The van der Waals surface area contributed by atoms with E-state index in [9.17, 15) is 9.59 Å². The predicted octanol–water partition coefficient (Wildman–Crippen LogP) is 1.68. The van der Waals surface area contributed by atoms with E-state index >= 15 is 0 Å². The molecule has 0 aromatic carbocycles. The monoisotopic (exact) mass is 342 g/mol. The van der Waals surface area contributed by atoms with Crippen LogP contribution < -0.4 is 5.32 Å². The van der Waals surface area contributed by atoms with E-state index in [-0.39, 0.29) is 12.0 Å². The zero-order chi connectivity index (χ0) is 17.4. The Hall–Kier alpha value is -2.57. The van der Waals surface area contributed by atoms with E-state index in [2.05, 4.69) is 10.3 Å². The lowest BCUT2D eigenvalue weighted by Gasteiger charge is -2.25. The van der Waals surface area contributed by atoms with E-state index in [1.54, 1.807) is 6.20 Å². The van der Waals surface area contributed by atoms with Crippen LogP contribution in [0, 0.1) is 6.92 Å². The summed E-state index contributed by atoms with van der Waals surface area (Å²) in [6, 6.07) is 3.98. The number of imidazole rings is 1. The third-order valence-corrected chi connectivity index (χ3v) is 5.25. The Kier molecular flexibility index (Phi) is 3.86. The fraction of sp³-hybridized carbons (Fsp3) is 0.500. The van der Waals surface area contributed by atoms with E-state index in [1.807, 2.05) is 34.6 Å². The molecule has 7 nitrogen and oxygen atoms in total. The molecule has 1 atom stereocenters. The van der Waals surface area contributed by atoms with Gasteiger partial charge in [0, 0.05) is 31.9 Å². The van der Waals surface area contributed by atoms with E-state index in [4.69, 9.17) is 4.74 Å². The highest BCUT2D eigenvalue weighted by Crippen LogP contribution is 2.29. The van der Waals surface area contributed by atoms with Crippen LogP contribution in [0.15, 0.2) is 24.5 Å². The predicted molar refractivity (Wildman–Crippen MR) is 91.3 cm³/mol. The van der Waals surface area contributed by atoms with Gasteiger partial charge in [-0.2, -0.15) is 0 Å². The van der Waals surface area contributed by atoms with Gasteiger partial charge >= 0.3 is 6.09 Å². The normalized spacial score (nSPS) is 23.6. The molecule has 0 saturated carbocycles. The van der Waals surface area contributed by atoms with Gasteiger partial charge in [0.2, 0.25) is 5.91 Å². The van der Waals surface area contributed by atoms with Crippen LogP contribution in [0.1, 0.15) is 30.5 Å². The van der Waals surface area contributed by atoms with Gasteiger partial charge in [-0.15, -0.1) is 0 Å². The van der Waals surface area contributed by atoms with Crippen molar-refractivity contribution < 1.29 is 14.3 Å². The van der Waals surface area contributed by atoms with Crippen LogP contribution in [0.4, 0.5) is 4.79 Å². The van der Waals surface area contributed by atoms with Crippen LogP contribution in [0.3, 0.4) is 0 Å². The molecule has 4 rings (SSSR count). The summed E-state index contributed by atoms with van der Waals surface area (Å²) in [5.74, 6) is 0.0950. The Morgan fingerprint density at radius 1 is 1.40 bits per heavy atom. The number of ether oxygens (including phenoxy) is 1. The van der Waals surface area contributed by atoms with Gasteiger partial charge < -0.3 is 19.4 Å². The van der Waals surface area contributed by atoms with Crippen molar-refractivity contribution in [3.63, 3.8) is 0 Å². The highest BCUT2D eigenvalue weighted by molar-refractivity contribution is 5.78. The van der Waals surface area contributed by atoms with Gasteiger partial charge in [0.1, 0.15) is 11.2 Å². The zero-order valence-corrected chi connectivity index (χ0v) is 14.3. The van der Waals surface area contributed by atoms with Gasteiger partial charge in [-0.3, -0.25) is 4.79 Å². The van der Waals surface area contributed by atoms with Crippen molar-refractivity contribution in [1.29, 1.82) is 0 Å². The van der Waals surface area contributed by atoms with Crippen LogP contribution in [0.5, 0.6) is 0 Å². The number of aryl methyl sites for hydroxylation is 1. The number of pyridine rings is 1. The van der Waals surface area contributed by atoms with Crippen LogP contribution in [0.2, 0.25) is 0 Å². The summed E-state index contributed by atoms with van der Waals surface area (Å²) in [4.78, 5) is 30.5. The van der Waals surface area contributed by atoms with Gasteiger partial charge in [0.05, 0.1) is 18.7 Å². The average Bonchev–Trinajstić information content (AvgIpc) is 3.09. The summed E-state index contributed by atoms with van der Waals surface area (Å²) in [7, 11) is 0.